The van der Waals surface area contributed by atoms with Crippen LogP contribution in [0.3, 0.4) is 0 Å². The number of anilines is 2. The molecule has 1 aliphatic heterocycles. The maximum Gasteiger partial charge on any atom is 0.415 e. The molecule has 0 radical (unpaired) electrons. The summed E-state index contributed by atoms with van der Waals surface area (Å²) < 4.78 is 5.45. The molecular formula is C17H28N6O4. The number of carbonyl (C=O) groups excluding carboxylic acids is 1. The summed E-state index contributed by atoms with van der Waals surface area (Å²) in [5, 5.41) is 13.4. The number of hydrogen-bond donors (Lipinski definition) is 3. The van der Waals surface area contributed by atoms with E-state index < -0.39 is 29.4 Å². The van der Waals surface area contributed by atoms with Crippen molar-refractivity contribution >= 4 is 29.9 Å². The minimum Gasteiger partial charge on any atom is -0.443 e. The van der Waals surface area contributed by atoms with Crippen LogP contribution in [0.25, 0.3) is 0 Å². The molecule has 150 valence electrons. The lowest BCUT2D eigenvalue weighted by atomic mass is 10.0. The summed E-state index contributed by atoms with van der Waals surface area (Å²) in [5.74, 6) is 0.327. The third-order valence-electron chi connectivity index (χ3n) is 3.80. The van der Waals surface area contributed by atoms with Gasteiger partial charge in [0.15, 0.2) is 11.5 Å². The van der Waals surface area contributed by atoms with Crippen molar-refractivity contribution < 1.29 is 14.6 Å². The van der Waals surface area contributed by atoms with Gasteiger partial charge in [-0.3, -0.25) is 14.7 Å². The van der Waals surface area contributed by atoms with Crippen molar-refractivity contribution in [3.8, 4) is 0 Å². The van der Waals surface area contributed by atoms with Crippen molar-refractivity contribution in [3.05, 3.63) is 10.4 Å². The van der Waals surface area contributed by atoms with Crippen LogP contribution in [0.4, 0.5) is 22.2 Å². The van der Waals surface area contributed by atoms with Gasteiger partial charge in [-0.2, -0.15) is 4.98 Å². The van der Waals surface area contributed by atoms with Gasteiger partial charge < -0.3 is 20.1 Å². The Balaban J connectivity index is 2.51. The molecule has 10 nitrogen and oxygen atoms in total. The Kier molecular flexibility index (Phi) is 6.09. The molecule has 0 bridgehead atoms. The molecule has 1 aromatic rings. The van der Waals surface area contributed by atoms with E-state index in [-0.39, 0.29) is 24.0 Å². The highest BCUT2D eigenvalue weighted by Crippen LogP contribution is 2.30. The summed E-state index contributed by atoms with van der Waals surface area (Å²) in [4.78, 5) is 39.3. The van der Waals surface area contributed by atoms with Crippen molar-refractivity contribution in [1.29, 1.82) is 0 Å². The minimum atomic E-state index is -0.830. The number of aromatic amines is 1. The first-order valence-electron chi connectivity index (χ1n) is 8.82. The number of ether oxygens (including phenoxy) is 1. The van der Waals surface area contributed by atoms with Crippen LogP contribution >= 0.6 is 0 Å². The lowest BCUT2D eigenvalue weighted by Crippen LogP contribution is -2.56. The van der Waals surface area contributed by atoms with Crippen molar-refractivity contribution in [2.75, 3.05) is 30.9 Å². The number of carbonyl (C=O) groups is 1. The van der Waals surface area contributed by atoms with Gasteiger partial charge in [-0.15, -0.1) is 0 Å². The maximum absolute atomic E-state index is 12.8. The van der Waals surface area contributed by atoms with Gasteiger partial charge in [0, 0.05) is 20.6 Å². The van der Waals surface area contributed by atoms with Gasteiger partial charge in [-0.25, -0.2) is 9.79 Å². The van der Waals surface area contributed by atoms with Gasteiger partial charge in [0.1, 0.15) is 5.60 Å². The fourth-order valence-corrected chi connectivity index (χ4v) is 2.61. The number of nitrogens with zero attached hydrogens (tertiary/aromatic N) is 4. The highest BCUT2D eigenvalue weighted by atomic mass is 16.6. The van der Waals surface area contributed by atoms with E-state index in [1.807, 2.05) is 0 Å². The molecule has 10 heteroatoms. The highest BCUT2D eigenvalue weighted by molar-refractivity contribution is 5.93. The van der Waals surface area contributed by atoms with E-state index in [2.05, 4.69) is 20.3 Å². The summed E-state index contributed by atoms with van der Waals surface area (Å²) in [5.41, 5.74) is -1.28. The van der Waals surface area contributed by atoms with Crippen LogP contribution in [0.5, 0.6) is 0 Å². The summed E-state index contributed by atoms with van der Waals surface area (Å²) in [6, 6.07) is -0.656. The molecule has 0 saturated carbocycles. The summed E-state index contributed by atoms with van der Waals surface area (Å²) in [6.45, 7) is 7.24. The van der Waals surface area contributed by atoms with E-state index in [9.17, 15) is 14.7 Å². The first-order chi connectivity index (χ1) is 12.5. The second kappa shape index (κ2) is 7.95. The fraction of sp³-hybridized carbons (Fsp3) is 0.647. The first kappa shape index (κ1) is 20.7. The monoisotopic (exact) mass is 380 g/mol. The third-order valence-corrected chi connectivity index (χ3v) is 3.80. The van der Waals surface area contributed by atoms with Crippen LogP contribution < -0.4 is 15.8 Å². The second-order valence-corrected chi connectivity index (χ2v) is 7.57. The van der Waals surface area contributed by atoms with E-state index in [0.717, 1.165) is 0 Å². The summed E-state index contributed by atoms with van der Waals surface area (Å²) in [6.07, 6.45) is 0.379. The van der Waals surface area contributed by atoms with Crippen LogP contribution in [0.2, 0.25) is 0 Å². The van der Waals surface area contributed by atoms with Gasteiger partial charge >= 0.3 is 6.09 Å². The number of amides is 1. The zero-order chi connectivity index (χ0) is 20.4. The number of rotatable bonds is 4. The fourth-order valence-electron chi connectivity index (χ4n) is 2.61. The Morgan fingerprint density at radius 3 is 2.74 bits per heavy atom. The number of hydrogen-bond acceptors (Lipinski definition) is 7. The lowest BCUT2D eigenvalue weighted by molar-refractivity contribution is 0.0510. The zero-order valence-corrected chi connectivity index (χ0v) is 16.6. The number of H-pyrrole nitrogens is 1. The Labute approximate surface area is 158 Å². The molecule has 27 heavy (non-hydrogen) atoms. The maximum atomic E-state index is 12.8. The second-order valence-electron chi connectivity index (χ2n) is 7.57. The number of nitrogens with one attached hydrogen (secondary N) is 2. The quantitative estimate of drug-likeness (QED) is 0.531. The molecular weight excluding hydrogens is 352 g/mol. The summed E-state index contributed by atoms with van der Waals surface area (Å²) >= 11 is 0. The van der Waals surface area contributed by atoms with Gasteiger partial charge in [-0.05, 0) is 27.2 Å². The molecule has 2 rings (SSSR count). The molecule has 1 aliphatic rings. The number of fused-ring (bicyclic) bond motifs is 1. The predicted molar refractivity (Wildman–Crippen MR) is 104 cm³/mol. The molecule has 2 unspecified atom stereocenters. The average molecular weight is 380 g/mol. The molecule has 0 spiro atoms. The predicted octanol–water partition coefficient (Wildman–Crippen LogP) is 1.30. The minimum absolute atomic E-state index is 0.0109. The molecule has 0 aromatic carbocycles. The highest BCUT2D eigenvalue weighted by Gasteiger charge is 2.40. The number of aliphatic imine (C=N–C) groups is 1. The van der Waals surface area contributed by atoms with Gasteiger partial charge in [0.05, 0.1) is 18.5 Å². The zero-order valence-electron chi connectivity index (χ0n) is 16.6. The topological polar surface area (TPSA) is 123 Å². The molecule has 3 N–H and O–H groups in total. The van der Waals surface area contributed by atoms with Crippen LogP contribution in [0.1, 0.15) is 34.1 Å². The van der Waals surface area contributed by atoms with Crippen molar-refractivity contribution in [2.45, 2.75) is 51.9 Å². The lowest BCUT2D eigenvalue weighted by Gasteiger charge is -2.39. The standard InChI is InChI=1S/C17H28N6O4/c1-7-11(24)10-8-18-13-12(23(10)16(26)27-17(2,3)4)14(25)21-15(20-13)19-9-22(5)6/h9-11,24H,7-8H2,1-6H3,(H2,18,20,21,25)/b19-9+. The molecule has 1 amide bonds. The number of aromatic nitrogens is 2. The van der Waals surface area contributed by atoms with Crippen molar-refractivity contribution in [3.63, 3.8) is 0 Å². The van der Waals surface area contributed by atoms with Crippen LogP contribution in [0, 0.1) is 0 Å². The normalized spacial score (nSPS) is 18.0. The van der Waals surface area contributed by atoms with Crippen molar-refractivity contribution in [1.82, 2.24) is 14.9 Å². The molecule has 2 atom stereocenters. The Bertz CT molecular complexity index is 768. The van der Waals surface area contributed by atoms with Gasteiger partial charge in [0.2, 0.25) is 5.95 Å². The van der Waals surface area contributed by atoms with Crippen LogP contribution in [-0.2, 0) is 4.74 Å². The van der Waals surface area contributed by atoms with E-state index in [0.29, 0.717) is 6.42 Å². The number of aliphatic hydroxyl groups is 1. The number of aliphatic hydroxyl groups excluding tert-OH is 1. The summed E-state index contributed by atoms with van der Waals surface area (Å²) in [7, 11) is 3.58. The van der Waals surface area contributed by atoms with Crippen molar-refractivity contribution in [2.24, 2.45) is 4.99 Å². The van der Waals surface area contributed by atoms with Crippen LogP contribution in [0.15, 0.2) is 9.79 Å². The van der Waals surface area contributed by atoms with Gasteiger partial charge in [0.25, 0.3) is 5.56 Å². The molecule has 0 saturated heterocycles. The average Bonchev–Trinajstić information content (AvgIpc) is 2.56. The van der Waals surface area contributed by atoms with E-state index in [4.69, 9.17) is 4.74 Å². The smallest absolute Gasteiger partial charge is 0.415 e. The first-order valence-corrected chi connectivity index (χ1v) is 8.82. The Hall–Kier alpha value is -2.62. The van der Waals surface area contributed by atoms with E-state index >= 15 is 0 Å². The SMILES string of the molecule is CCC(O)C1CNc2nc(/N=C/N(C)C)[nH]c(=O)c2N1C(=O)OC(C)(C)C. The largest absolute Gasteiger partial charge is 0.443 e. The molecule has 2 heterocycles. The Morgan fingerprint density at radius 2 is 2.19 bits per heavy atom. The molecule has 0 fully saturated rings. The van der Waals surface area contributed by atoms with E-state index in [1.165, 1.54) is 11.2 Å². The Morgan fingerprint density at radius 1 is 1.52 bits per heavy atom. The van der Waals surface area contributed by atoms with Crippen LogP contribution in [-0.4, -0.2) is 70.8 Å². The van der Waals surface area contributed by atoms with E-state index in [1.54, 1.807) is 46.7 Å². The third kappa shape index (κ3) is 4.97. The van der Waals surface area contributed by atoms with Gasteiger partial charge in [-0.1, -0.05) is 6.92 Å². The molecule has 0 aliphatic carbocycles. The molecule has 1 aromatic heterocycles.